The molecule has 12 rings (SSSR count). The minimum atomic E-state index is -4.64. The van der Waals surface area contributed by atoms with E-state index in [1.807, 2.05) is 91.0 Å². The van der Waals surface area contributed by atoms with Crippen molar-refractivity contribution < 1.29 is 13.2 Å². The molecule has 0 atom stereocenters. The van der Waals surface area contributed by atoms with E-state index >= 15 is 13.2 Å². The lowest BCUT2D eigenvalue weighted by Crippen LogP contribution is -2.09. The molecule has 0 radical (unpaired) electrons. The summed E-state index contributed by atoms with van der Waals surface area (Å²) in [6.45, 7) is 12.3. The molecular weight excluding hydrogens is 896 g/mol. The summed E-state index contributed by atoms with van der Waals surface area (Å²) in [5.41, 5.74) is 13.0. The summed E-state index contributed by atoms with van der Waals surface area (Å²) in [6, 6.07) is 75.4. The number of alkyl halides is 3. The summed E-state index contributed by atoms with van der Waals surface area (Å²) >= 11 is 0. The van der Waals surface area contributed by atoms with Gasteiger partial charge in [-0.3, -0.25) is 0 Å². The van der Waals surface area contributed by atoms with Gasteiger partial charge in [-0.15, -0.1) is 0 Å². The van der Waals surface area contributed by atoms with Gasteiger partial charge in [0, 0.05) is 72.5 Å². The molecule has 72 heavy (non-hydrogen) atoms. The van der Waals surface area contributed by atoms with Crippen LogP contribution in [0.15, 0.2) is 231 Å². The molecule has 12 aromatic rings. The van der Waals surface area contributed by atoms with Crippen LogP contribution in [-0.4, -0.2) is 9.13 Å². The summed E-state index contributed by atoms with van der Waals surface area (Å²) in [5, 5.41) is 3.85. The molecule has 0 N–H and O–H groups in total. The third kappa shape index (κ3) is 7.60. The number of aryl methyl sites for hydroxylation is 2. The monoisotopic (exact) mass is 939 g/mol. The van der Waals surface area contributed by atoms with Gasteiger partial charge in [-0.1, -0.05) is 108 Å². The molecular formula is C64H44F3N5. The van der Waals surface area contributed by atoms with E-state index in [-0.39, 0.29) is 0 Å². The van der Waals surface area contributed by atoms with E-state index in [9.17, 15) is 0 Å². The van der Waals surface area contributed by atoms with Gasteiger partial charge in [-0.25, -0.2) is 4.85 Å². The van der Waals surface area contributed by atoms with E-state index in [0.29, 0.717) is 28.2 Å². The van der Waals surface area contributed by atoms with Crippen molar-refractivity contribution in [3.63, 3.8) is 0 Å². The van der Waals surface area contributed by atoms with Gasteiger partial charge in [0.25, 0.3) is 0 Å². The lowest BCUT2D eigenvalue weighted by atomic mass is 9.97. The number of rotatable bonds is 9. The Kier molecular flexibility index (Phi) is 10.7. The third-order valence-electron chi connectivity index (χ3n) is 13.6. The second-order valence-corrected chi connectivity index (χ2v) is 18.2. The van der Waals surface area contributed by atoms with Gasteiger partial charge in [0.2, 0.25) is 0 Å². The van der Waals surface area contributed by atoms with Crippen LogP contribution in [-0.2, 0) is 6.18 Å². The highest BCUT2D eigenvalue weighted by Crippen LogP contribution is 2.47. The maximum atomic E-state index is 15.1. The van der Waals surface area contributed by atoms with E-state index in [2.05, 4.69) is 153 Å². The fourth-order valence-electron chi connectivity index (χ4n) is 10.4. The van der Waals surface area contributed by atoms with Crippen LogP contribution in [0.2, 0.25) is 0 Å². The molecule has 0 unspecified atom stereocenters. The third-order valence-corrected chi connectivity index (χ3v) is 13.6. The number of benzene rings is 10. The van der Waals surface area contributed by atoms with Crippen LogP contribution in [0.3, 0.4) is 0 Å². The fraction of sp³-hybridized carbons (Fsp3) is 0.0469. The fourth-order valence-corrected chi connectivity index (χ4v) is 10.4. The van der Waals surface area contributed by atoms with Crippen molar-refractivity contribution in [2.45, 2.75) is 20.0 Å². The number of halogens is 3. The maximum absolute atomic E-state index is 15.1. The van der Waals surface area contributed by atoms with E-state index in [4.69, 9.17) is 6.57 Å². The van der Waals surface area contributed by atoms with Crippen molar-refractivity contribution in [3.05, 3.63) is 259 Å². The second-order valence-electron chi connectivity index (χ2n) is 18.2. The highest BCUT2D eigenvalue weighted by Gasteiger charge is 2.32. The number of anilines is 6. The molecule has 2 aromatic heterocycles. The van der Waals surface area contributed by atoms with Crippen molar-refractivity contribution in [1.29, 1.82) is 0 Å². The van der Waals surface area contributed by atoms with Gasteiger partial charge >= 0.3 is 6.18 Å². The zero-order valence-corrected chi connectivity index (χ0v) is 39.3. The quantitative estimate of drug-likeness (QED) is 0.134. The van der Waals surface area contributed by atoms with Crippen LogP contribution < -0.4 is 9.80 Å². The van der Waals surface area contributed by atoms with Crippen molar-refractivity contribution in [1.82, 2.24) is 9.13 Å². The predicted octanol–water partition coefficient (Wildman–Crippen LogP) is 18.7. The molecule has 10 aromatic carbocycles. The molecule has 0 amide bonds. The van der Waals surface area contributed by atoms with Crippen molar-refractivity contribution in [2.24, 2.45) is 0 Å². The molecule has 0 bridgehead atoms. The summed E-state index contributed by atoms with van der Waals surface area (Å²) in [6.07, 6.45) is -4.64. The Bertz CT molecular complexity index is 3980. The average Bonchev–Trinajstić information content (AvgIpc) is 3.90. The number of fused-ring (bicyclic) bond motifs is 6. The largest absolute Gasteiger partial charge is 0.416 e. The average molecular weight is 940 g/mol. The molecule has 0 aliphatic rings. The molecule has 0 saturated carbocycles. The second kappa shape index (κ2) is 17.6. The highest BCUT2D eigenvalue weighted by atomic mass is 19.4. The maximum Gasteiger partial charge on any atom is 0.416 e. The predicted molar refractivity (Wildman–Crippen MR) is 291 cm³/mol. The van der Waals surface area contributed by atoms with Gasteiger partial charge in [-0.2, -0.15) is 13.2 Å². The number of hydrogen-bond acceptors (Lipinski definition) is 2. The van der Waals surface area contributed by atoms with Crippen LogP contribution in [0, 0.1) is 20.4 Å². The molecule has 0 aliphatic carbocycles. The Balaban J connectivity index is 1.11. The van der Waals surface area contributed by atoms with E-state index < -0.39 is 11.7 Å². The number of aromatic nitrogens is 2. The first kappa shape index (κ1) is 43.9. The SMILES string of the molecule is [C-]#[N+]c1ccc(-c2cc(C(F)(F)F)ccc2-n2c3ccc(C)cc3c3cc(N(c4ccccc4)c4ccccc4)ccc32)c(-n2c3ccc(C)cc3c3cc(N(c4ccccc4)c4ccccc4)ccc32)c1. The summed E-state index contributed by atoms with van der Waals surface area (Å²) in [7, 11) is 0. The van der Waals surface area contributed by atoms with E-state index in [1.165, 1.54) is 12.1 Å². The summed E-state index contributed by atoms with van der Waals surface area (Å²) in [5.74, 6) is 0. The molecule has 2 heterocycles. The Labute approximate surface area is 414 Å². The normalized spacial score (nSPS) is 11.7. The molecule has 0 spiro atoms. The highest BCUT2D eigenvalue weighted by molar-refractivity contribution is 6.13. The number of hydrogen-bond donors (Lipinski definition) is 0. The first-order valence-electron chi connectivity index (χ1n) is 23.8. The molecule has 346 valence electrons. The summed E-state index contributed by atoms with van der Waals surface area (Å²) < 4.78 is 49.6. The van der Waals surface area contributed by atoms with Crippen LogP contribution in [0.5, 0.6) is 0 Å². The Morgan fingerprint density at radius 1 is 0.375 bits per heavy atom. The first-order valence-corrected chi connectivity index (χ1v) is 23.8. The molecule has 8 heteroatoms. The lowest BCUT2D eigenvalue weighted by Gasteiger charge is -2.25. The minimum absolute atomic E-state index is 0.363. The Hall–Kier alpha value is -9.32. The van der Waals surface area contributed by atoms with Crippen molar-refractivity contribution in [2.75, 3.05) is 9.80 Å². The molecule has 5 nitrogen and oxygen atoms in total. The minimum Gasteiger partial charge on any atom is -0.310 e. The van der Waals surface area contributed by atoms with Crippen molar-refractivity contribution in [3.8, 4) is 22.5 Å². The van der Waals surface area contributed by atoms with Crippen LogP contribution in [0.4, 0.5) is 53.0 Å². The first-order chi connectivity index (χ1) is 35.1. The van der Waals surface area contributed by atoms with Crippen LogP contribution in [0.1, 0.15) is 16.7 Å². The standard InChI is InChI=1S/C64H44F3N5/c1-42-24-31-58-53(36-42)56-40-50(69(46-16-8-4-9-17-46)47-18-10-5-11-19-47)28-34-61(56)71(58)60-33-26-44(64(65,66)67)38-55(60)52-30-27-45(68-3)39-63(52)72-59-32-25-43(2)37-54(59)57-41-51(29-35-62(57)72)70(48-20-12-6-13-21-48)49-22-14-7-15-23-49/h4-41H,1-2H3. The van der Waals surface area contributed by atoms with E-state index in [1.54, 1.807) is 12.1 Å². The number of para-hydroxylation sites is 4. The zero-order valence-electron chi connectivity index (χ0n) is 39.3. The number of nitrogens with zero attached hydrogens (tertiary/aromatic N) is 5. The smallest absolute Gasteiger partial charge is 0.310 e. The van der Waals surface area contributed by atoms with Gasteiger partial charge < -0.3 is 18.9 Å². The topological polar surface area (TPSA) is 20.7 Å². The van der Waals surface area contributed by atoms with Gasteiger partial charge in [0.05, 0.1) is 39.9 Å². The zero-order chi connectivity index (χ0) is 49.1. The van der Waals surface area contributed by atoms with Gasteiger partial charge in [0.1, 0.15) is 0 Å². The van der Waals surface area contributed by atoms with Crippen LogP contribution in [0.25, 0.3) is 71.0 Å². The Morgan fingerprint density at radius 3 is 1.19 bits per heavy atom. The molecule has 0 fully saturated rings. The Morgan fingerprint density at radius 2 is 0.778 bits per heavy atom. The van der Waals surface area contributed by atoms with Crippen molar-refractivity contribution >= 4 is 83.4 Å². The summed E-state index contributed by atoms with van der Waals surface area (Å²) in [4.78, 5) is 8.31. The van der Waals surface area contributed by atoms with Gasteiger partial charge in [-0.05, 0) is 147 Å². The lowest BCUT2D eigenvalue weighted by molar-refractivity contribution is -0.137. The molecule has 0 saturated heterocycles. The molecule has 0 aliphatic heterocycles. The van der Waals surface area contributed by atoms with Crippen LogP contribution >= 0.6 is 0 Å². The van der Waals surface area contributed by atoms with Gasteiger partial charge in [0.15, 0.2) is 5.69 Å². The van der Waals surface area contributed by atoms with E-state index in [0.717, 1.165) is 88.9 Å².